The Balaban J connectivity index is 2.63. The summed E-state index contributed by atoms with van der Waals surface area (Å²) in [5, 5.41) is 2.65. The lowest BCUT2D eigenvalue weighted by molar-refractivity contribution is 0.871. The van der Waals surface area contributed by atoms with Gasteiger partial charge >= 0.3 is 0 Å². The first-order chi connectivity index (χ1) is 7.06. The van der Waals surface area contributed by atoms with Crippen LogP contribution < -0.4 is 11.3 Å². The number of aryl methyl sites for hydroxylation is 2. The molecule has 0 aliphatic carbocycles. The van der Waals surface area contributed by atoms with Crippen LogP contribution in [0.3, 0.4) is 0 Å². The lowest BCUT2D eigenvalue weighted by atomic mass is 10.1. The SMILES string of the molecule is Cc1cc(C)cc(-n2[nH]c(=O)cc2N)c1. The Morgan fingerprint density at radius 2 is 1.73 bits per heavy atom. The summed E-state index contributed by atoms with van der Waals surface area (Å²) < 4.78 is 1.59. The van der Waals surface area contributed by atoms with Gasteiger partial charge in [-0.2, -0.15) is 0 Å². The third kappa shape index (κ3) is 1.79. The highest BCUT2D eigenvalue weighted by Crippen LogP contribution is 2.14. The van der Waals surface area contributed by atoms with Crippen LogP contribution in [0, 0.1) is 13.8 Å². The third-order valence-corrected chi connectivity index (χ3v) is 2.22. The van der Waals surface area contributed by atoms with E-state index in [9.17, 15) is 4.79 Å². The molecule has 4 nitrogen and oxygen atoms in total. The average Bonchev–Trinajstić information content (AvgIpc) is 2.43. The van der Waals surface area contributed by atoms with E-state index in [2.05, 4.69) is 11.2 Å². The number of nitrogens with one attached hydrogen (secondary N) is 1. The van der Waals surface area contributed by atoms with Crippen LogP contribution in [-0.2, 0) is 0 Å². The van der Waals surface area contributed by atoms with Crippen molar-refractivity contribution in [2.24, 2.45) is 0 Å². The van der Waals surface area contributed by atoms with Gasteiger partial charge in [0.1, 0.15) is 5.82 Å². The van der Waals surface area contributed by atoms with Crippen LogP contribution in [0.1, 0.15) is 11.1 Å². The number of hydrogen-bond donors (Lipinski definition) is 2. The van der Waals surface area contributed by atoms with Crippen LogP contribution in [-0.4, -0.2) is 9.78 Å². The van der Waals surface area contributed by atoms with Gasteiger partial charge in [-0.15, -0.1) is 0 Å². The monoisotopic (exact) mass is 203 g/mol. The summed E-state index contributed by atoms with van der Waals surface area (Å²) in [5.41, 5.74) is 8.67. The number of nitrogens with two attached hydrogens (primary N) is 1. The molecule has 0 unspecified atom stereocenters. The number of aromatic amines is 1. The van der Waals surface area contributed by atoms with Gasteiger partial charge in [-0.25, -0.2) is 4.68 Å². The minimum Gasteiger partial charge on any atom is -0.384 e. The van der Waals surface area contributed by atoms with Gasteiger partial charge in [-0.05, 0) is 37.1 Å². The molecule has 0 bridgehead atoms. The van der Waals surface area contributed by atoms with E-state index >= 15 is 0 Å². The molecule has 2 rings (SSSR count). The summed E-state index contributed by atoms with van der Waals surface area (Å²) in [6.07, 6.45) is 0. The molecule has 0 saturated carbocycles. The second-order valence-corrected chi connectivity index (χ2v) is 3.73. The molecule has 0 aliphatic rings. The van der Waals surface area contributed by atoms with Crippen molar-refractivity contribution in [3.8, 4) is 5.69 Å². The molecule has 1 aromatic heterocycles. The minimum absolute atomic E-state index is 0.188. The summed E-state index contributed by atoms with van der Waals surface area (Å²) in [6, 6.07) is 7.39. The smallest absolute Gasteiger partial charge is 0.266 e. The molecule has 1 aromatic carbocycles. The first-order valence-electron chi connectivity index (χ1n) is 4.72. The minimum atomic E-state index is -0.188. The Labute approximate surface area is 87.3 Å². The van der Waals surface area contributed by atoms with Crippen LogP contribution in [0.2, 0.25) is 0 Å². The third-order valence-electron chi connectivity index (χ3n) is 2.22. The van der Waals surface area contributed by atoms with E-state index in [4.69, 9.17) is 5.73 Å². The van der Waals surface area contributed by atoms with Crippen molar-refractivity contribution in [3.05, 3.63) is 45.7 Å². The molecule has 15 heavy (non-hydrogen) atoms. The second kappa shape index (κ2) is 3.31. The molecule has 2 aromatic rings. The average molecular weight is 203 g/mol. The van der Waals surface area contributed by atoms with Gasteiger partial charge in [0.05, 0.1) is 5.69 Å². The van der Waals surface area contributed by atoms with Crippen LogP contribution in [0.15, 0.2) is 29.1 Å². The van der Waals surface area contributed by atoms with E-state index in [1.165, 1.54) is 6.07 Å². The van der Waals surface area contributed by atoms with Crippen LogP contribution in [0.25, 0.3) is 5.69 Å². The first-order valence-corrected chi connectivity index (χ1v) is 4.72. The number of nitrogens with zero attached hydrogens (tertiary/aromatic N) is 1. The zero-order valence-corrected chi connectivity index (χ0v) is 8.74. The fourth-order valence-corrected chi connectivity index (χ4v) is 1.70. The predicted octanol–water partition coefficient (Wildman–Crippen LogP) is 1.36. The summed E-state index contributed by atoms with van der Waals surface area (Å²) in [4.78, 5) is 11.1. The number of rotatable bonds is 1. The number of anilines is 1. The topological polar surface area (TPSA) is 63.8 Å². The number of aromatic nitrogens is 2. The van der Waals surface area contributed by atoms with Gasteiger partial charge in [0.2, 0.25) is 0 Å². The van der Waals surface area contributed by atoms with Gasteiger partial charge in [0.15, 0.2) is 0 Å². The molecule has 0 radical (unpaired) electrons. The molecule has 3 N–H and O–H groups in total. The summed E-state index contributed by atoms with van der Waals surface area (Å²) in [6.45, 7) is 4.02. The van der Waals surface area contributed by atoms with Gasteiger partial charge in [0.25, 0.3) is 5.56 Å². The molecular weight excluding hydrogens is 190 g/mol. The quantitative estimate of drug-likeness (QED) is 0.735. The van der Waals surface area contributed by atoms with Crippen molar-refractivity contribution in [1.82, 2.24) is 9.78 Å². The van der Waals surface area contributed by atoms with Crippen LogP contribution in [0.5, 0.6) is 0 Å². The molecule has 0 atom stereocenters. The second-order valence-electron chi connectivity index (χ2n) is 3.73. The highest BCUT2D eigenvalue weighted by atomic mass is 16.1. The number of hydrogen-bond acceptors (Lipinski definition) is 2. The summed E-state index contributed by atoms with van der Waals surface area (Å²) >= 11 is 0. The maximum atomic E-state index is 11.1. The number of benzene rings is 1. The molecular formula is C11H13N3O. The molecule has 0 spiro atoms. The molecule has 0 amide bonds. The molecule has 1 heterocycles. The van der Waals surface area contributed by atoms with Gasteiger partial charge < -0.3 is 5.73 Å². The zero-order valence-electron chi connectivity index (χ0n) is 8.74. The van der Waals surface area contributed by atoms with Crippen LogP contribution in [0.4, 0.5) is 5.82 Å². The van der Waals surface area contributed by atoms with E-state index in [1.807, 2.05) is 26.0 Å². The lowest BCUT2D eigenvalue weighted by Gasteiger charge is -2.07. The Hall–Kier alpha value is -1.97. The molecule has 78 valence electrons. The zero-order chi connectivity index (χ0) is 11.0. The van der Waals surface area contributed by atoms with Crippen molar-refractivity contribution in [2.45, 2.75) is 13.8 Å². The number of H-pyrrole nitrogens is 1. The summed E-state index contributed by atoms with van der Waals surface area (Å²) in [5.74, 6) is 0.421. The predicted molar refractivity (Wildman–Crippen MR) is 60.3 cm³/mol. The fraction of sp³-hybridized carbons (Fsp3) is 0.182. The van der Waals surface area contributed by atoms with Crippen molar-refractivity contribution < 1.29 is 0 Å². The molecule has 0 aliphatic heterocycles. The normalized spacial score (nSPS) is 10.5. The van der Waals surface area contributed by atoms with E-state index in [0.717, 1.165) is 16.8 Å². The Morgan fingerprint density at radius 3 is 2.20 bits per heavy atom. The van der Waals surface area contributed by atoms with Crippen molar-refractivity contribution in [2.75, 3.05) is 5.73 Å². The van der Waals surface area contributed by atoms with Crippen molar-refractivity contribution in [3.63, 3.8) is 0 Å². The maximum Gasteiger partial charge on any atom is 0.266 e. The highest BCUT2D eigenvalue weighted by Gasteiger charge is 2.03. The van der Waals surface area contributed by atoms with E-state index in [-0.39, 0.29) is 5.56 Å². The van der Waals surface area contributed by atoms with Crippen molar-refractivity contribution >= 4 is 5.82 Å². The van der Waals surface area contributed by atoms with Crippen molar-refractivity contribution in [1.29, 1.82) is 0 Å². The first kappa shape index (κ1) is 9.58. The summed E-state index contributed by atoms with van der Waals surface area (Å²) in [7, 11) is 0. The maximum absolute atomic E-state index is 11.1. The molecule has 0 saturated heterocycles. The van der Waals surface area contributed by atoms with Gasteiger partial charge in [-0.1, -0.05) is 6.07 Å². The number of nitrogen functional groups attached to an aromatic ring is 1. The lowest BCUT2D eigenvalue weighted by Crippen LogP contribution is -2.05. The van der Waals surface area contributed by atoms with Crippen LogP contribution >= 0.6 is 0 Å². The van der Waals surface area contributed by atoms with E-state index < -0.39 is 0 Å². The standard InChI is InChI=1S/C11H13N3O/c1-7-3-8(2)5-9(4-7)14-10(12)6-11(15)13-14/h3-6H,12H2,1-2H3,(H,13,15). The van der Waals surface area contributed by atoms with Gasteiger partial charge in [0, 0.05) is 6.07 Å². The molecule has 4 heteroatoms. The Kier molecular flexibility index (Phi) is 2.11. The Bertz CT molecular complexity index is 531. The Morgan fingerprint density at radius 1 is 1.13 bits per heavy atom. The largest absolute Gasteiger partial charge is 0.384 e. The fourth-order valence-electron chi connectivity index (χ4n) is 1.70. The van der Waals surface area contributed by atoms with E-state index in [1.54, 1.807) is 4.68 Å². The van der Waals surface area contributed by atoms with E-state index in [0.29, 0.717) is 5.82 Å². The highest BCUT2D eigenvalue weighted by molar-refractivity contribution is 5.44. The van der Waals surface area contributed by atoms with Gasteiger partial charge in [-0.3, -0.25) is 9.89 Å². The molecule has 0 fully saturated rings.